The van der Waals surface area contributed by atoms with Crippen molar-refractivity contribution in [2.24, 2.45) is 10.4 Å². The third kappa shape index (κ3) is 11.9. The summed E-state index contributed by atoms with van der Waals surface area (Å²) in [5.74, 6) is 1.78. The number of carboxylic acid groups (broad SMARTS) is 1. The van der Waals surface area contributed by atoms with E-state index in [9.17, 15) is 38.8 Å². The van der Waals surface area contributed by atoms with Crippen molar-refractivity contribution in [1.82, 2.24) is 14.3 Å². The van der Waals surface area contributed by atoms with Crippen LogP contribution in [0.3, 0.4) is 0 Å². The number of hydrogen-bond acceptors (Lipinski definition) is 13. The molecule has 0 atom stereocenters. The number of nitrogens with zero attached hydrogens (tertiary/aromatic N) is 6. The Bertz CT molecular complexity index is 2140. The average molecular weight is 823 g/mol. The summed E-state index contributed by atoms with van der Waals surface area (Å²) >= 11 is 1.24. The highest BCUT2D eigenvalue weighted by Gasteiger charge is 2.32. The van der Waals surface area contributed by atoms with Gasteiger partial charge in [-0.2, -0.15) is 4.37 Å². The number of benzene rings is 2. The Morgan fingerprint density at radius 1 is 1.21 bits per heavy atom. The van der Waals surface area contributed by atoms with E-state index in [2.05, 4.69) is 39.8 Å². The number of terminal acetylenes is 1. The Balaban J connectivity index is 0.000000249. The first-order chi connectivity index (χ1) is 26.1. The molecular weight excluding hydrogens is 778 g/mol. The molecule has 3 heterocycles. The zero-order chi connectivity index (χ0) is 42.1. The Morgan fingerprint density at radius 2 is 1.88 bits per heavy atom. The maximum atomic E-state index is 14.5. The predicted octanol–water partition coefficient (Wildman–Crippen LogP) is 4.77. The number of aromatic nitrogens is 2. The number of fused-ring (bicyclic) bond motifs is 2. The lowest BCUT2D eigenvalue weighted by molar-refractivity contribution is -0.392. The van der Waals surface area contributed by atoms with Crippen molar-refractivity contribution in [1.29, 1.82) is 0 Å². The van der Waals surface area contributed by atoms with Gasteiger partial charge in [0.15, 0.2) is 18.1 Å². The molecular formula is C34H44FN8O11PS. The number of halogens is 1. The highest BCUT2D eigenvalue weighted by Crippen LogP contribution is 2.40. The monoisotopic (exact) mass is 822 g/mol. The molecule has 2 aliphatic heterocycles. The zero-order valence-electron chi connectivity index (χ0n) is 31.6. The molecule has 0 saturated heterocycles. The fraction of sp³-hybridized carbons (Fsp3) is 0.471. The van der Waals surface area contributed by atoms with Gasteiger partial charge in [-0.25, -0.2) is 9.38 Å². The number of rotatable bonds is 12. The molecule has 56 heavy (non-hydrogen) atoms. The number of carbonyl (C=O) groups is 2. The average Bonchev–Trinajstić information content (AvgIpc) is 3.61. The zero-order valence-corrected chi connectivity index (χ0v) is 33.3. The molecule has 3 aromatic rings. The first-order valence-electron chi connectivity index (χ1n) is 17.1. The second-order valence-corrected chi connectivity index (χ2v) is 15.9. The van der Waals surface area contributed by atoms with E-state index in [1.807, 2.05) is 18.4 Å². The fourth-order valence-electron chi connectivity index (χ4n) is 5.65. The standard InChI is InChI=1S/C18H17FN4O2S.C13H19N3O4.C3H8NO5P/c1-4-5-22-13-7-12(11(19)6-14(13)25-9-16(22)24)20-17-23-10-18(2,3)8-15(23)21-26-17;1-5-10(6-2)14-12-11(15(17)18)7-8(3)9(4)13(12)16(19)20;5-3(6)1-4-2-10(7,8)9/h1,6-7H,5,8-10H2,2-3H3;7,10,14H,5-6H2,1-4H3;4H,1-2H2,(H,5,6)(H2,7,8,9). The summed E-state index contributed by atoms with van der Waals surface area (Å²) in [4.78, 5) is 66.0. The minimum absolute atomic E-state index is 0.0109. The van der Waals surface area contributed by atoms with E-state index in [0.29, 0.717) is 27.4 Å². The van der Waals surface area contributed by atoms with Crippen LogP contribution in [0.1, 0.15) is 57.5 Å². The van der Waals surface area contributed by atoms with E-state index in [4.69, 9.17) is 26.1 Å². The van der Waals surface area contributed by atoms with Gasteiger partial charge < -0.3 is 29.5 Å². The van der Waals surface area contributed by atoms with E-state index in [1.165, 1.54) is 34.6 Å². The van der Waals surface area contributed by atoms with Gasteiger partial charge in [0.05, 0.1) is 34.9 Å². The van der Waals surface area contributed by atoms with Gasteiger partial charge >= 0.3 is 19.3 Å². The van der Waals surface area contributed by atoms with E-state index < -0.39 is 42.1 Å². The van der Waals surface area contributed by atoms with Crippen molar-refractivity contribution in [2.75, 3.05) is 36.2 Å². The minimum atomic E-state index is -4.10. The highest BCUT2D eigenvalue weighted by atomic mass is 32.1. The number of nitrogens with one attached hydrogen (secondary N) is 2. The number of aryl methyl sites for hydroxylation is 1. The Morgan fingerprint density at radius 3 is 2.43 bits per heavy atom. The third-order valence-electron chi connectivity index (χ3n) is 8.54. The van der Waals surface area contributed by atoms with Gasteiger partial charge in [-0.1, -0.05) is 33.6 Å². The number of nitro benzene ring substituents is 2. The van der Waals surface area contributed by atoms with Crippen LogP contribution in [0.25, 0.3) is 0 Å². The largest absolute Gasteiger partial charge is 0.481 e. The van der Waals surface area contributed by atoms with Crippen LogP contribution in [0, 0.1) is 57.7 Å². The van der Waals surface area contributed by atoms with Gasteiger partial charge in [-0.05, 0) is 43.7 Å². The summed E-state index contributed by atoms with van der Waals surface area (Å²) in [6.45, 7) is 11.7. The molecule has 19 nitrogen and oxygen atoms in total. The molecule has 22 heteroatoms. The van der Waals surface area contributed by atoms with Crippen LogP contribution in [0.2, 0.25) is 0 Å². The van der Waals surface area contributed by atoms with Gasteiger partial charge in [0, 0.05) is 48.2 Å². The fourth-order valence-corrected chi connectivity index (χ4v) is 6.81. The summed E-state index contributed by atoms with van der Waals surface area (Å²) in [5, 5.41) is 35.5. The maximum Gasteiger partial charge on any atom is 0.339 e. The normalized spacial score (nSPS) is 14.3. The molecule has 2 aromatic carbocycles. The molecule has 5 rings (SSSR count). The predicted molar refractivity (Wildman–Crippen MR) is 206 cm³/mol. The van der Waals surface area contributed by atoms with Crippen LogP contribution in [0.15, 0.2) is 23.2 Å². The second-order valence-electron chi connectivity index (χ2n) is 13.5. The third-order valence-corrected chi connectivity index (χ3v) is 9.95. The molecule has 2 aliphatic rings. The summed E-state index contributed by atoms with van der Waals surface area (Å²) in [7, 11) is -4.10. The molecule has 1 amide bonds. The van der Waals surface area contributed by atoms with Gasteiger partial charge in [0.25, 0.3) is 11.6 Å². The van der Waals surface area contributed by atoms with Crippen molar-refractivity contribution in [2.45, 2.75) is 73.4 Å². The first-order valence-corrected chi connectivity index (χ1v) is 19.7. The van der Waals surface area contributed by atoms with Crippen LogP contribution < -0.4 is 25.1 Å². The molecule has 0 aliphatic carbocycles. The molecule has 304 valence electrons. The van der Waals surface area contributed by atoms with E-state index in [1.54, 1.807) is 13.8 Å². The molecule has 0 radical (unpaired) electrons. The number of carbonyl (C=O) groups excluding carboxylic acids is 1. The van der Waals surface area contributed by atoms with Gasteiger partial charge in [0.1, 0.15) is 17.3 Å². The van der Waals surface area contributed by atoms with Crippen molar-refractivity contribution in [3.63, 3.8) is 0 Å². The molecule has 0 fully saturated rings. The van der Waals surface area contributed by atoms with E-state index in [-0.39, 0.29) is 53.3 Å². The maximum absolute atomic E-state index is 14.5. The van der Waals surface area contributed by atoms with Crippen LogP contribution in [0.4, 0.5) is 32.8 Å². The molecule has 1 aromatic heterocycles. The minimum Gasteiger partial charge on any atom is -0.481 e. The first kappa shape index (κ1) is 45.1. The lowest BCUT2D eigenvalue weighted by atomic mass is 9.92. The summed E-state index contributed by atoms with van der Waals surface area (Å²) in [6, 6.07) is 4.10. The molecule has 0 bridgehead atoms. The van der Waals surface area contributed by atoms with Crippen molar-refractivity contribution in [3.8, 4) is 18.1 Å². The Labute approximate surface area is 325 Å². The quantitative estimate of drug-likeness (QED) is 0.0713. The summed E-state index contributed by atoms with van der Waals surface area (Å²) in [5.41, 5.74) is 1.23. The lowest BCUT2D eigenvalue weighted by Gasteiger charge is -2.28. The molecule has 0 spiro atoms. The number of ether oxygens (including phenoxy) is 1. The summed E-state index contributed by atoms with van der Waals surface area (Å²) in [6.07, 6.45) is 7.09. The van der Waals surface area contributed by atoms with Crippen LogP contribution in [0.5, 0.6) is 5.75 Å². The second kappa shape index (κ2) is 19.1. The molecule has 5 N–H and O–H groups in total. The van der Waals surface area contributed by atoms with Gasteiger partial charge in [0.2, 0.25) is 4.80 Å². The van der Waals surface area contributed by atoms with Crippen molar-refractivity contribution in [3.05, 3.63) is 66.0 Å². The Hall–Kier alpha value is -5.26. The van der Waals surface area contributed by atoms with E-state index in [0.717, 1.165) is 31.6 Å². The number of amides is 1. The smallest absolute Gasteiger partial charge is 0.339 e. The Kier molecular flexibility index (Phi) is 15.4. The van der Waals surface area contributed by atoms with Gasteiger partial charge in [-0.3, -0.25) is 44.6 Å². The molecule has 0 saturated carbocycles. The van der Waals surface area contributed by atoms with Crippen LogP contribution >= 0.6 is 19.1 Å². The number of carboxylic acids is 1. The topological polar surface area (TPSA) is 265 Å². The lowest BCUT2D eigenvalue weighted by Crippen LogP contribution is -2.39. The highest BCUT2D eigenvalue weighted by molar-refractivity contribution is 7.51. The van der Waals surface area contributed by atoms with Crippen molar-refractivity contribution < 1.29 is 48.0 Å². The SMILES string of the molecule is C#CCN1C(=O)COc2cc(F)c(N=c3snc4n3CC(C)(C)C4)cc21.CCC(CC)Nc1c([N+](=O)[O-])cc(C)c(C)c1[N+](=O)[O-].O=C(O)CNCP(=O)(O)O. The van der Waals surface area contributed by atoms with Gasteiger partial charge in [-0.15, -0.1) is 6.42 Å². The number of aliphatic carboxylic acids is 1. The van der Waals surface area contributed by atoms with E-state index >= 15 is 0 Å². The van der Waals surface area contributed by atoms with Crippen molar-refractivity contribution >= 4 is 59.4 Å². The number of hydrogen-bond donors (Lipinski definition) is 5. The number of anilines is 2. The van der Waals surface area contributed by atoms with Crippen LogP contribution in [-0.4, -0.2) is 77.6 Å². The molecule has 0 unspecified atom stereocenters. The van der Waals surface area contributed by atoms with Crippen LogP contribution in [-0.2, 0) is 27.1 Å². The summed E-state index contributed by atoms with van der Waals surface area (Å²) < 4.78 is 36.4. The number of nitro groups is 2.